The van der Waals surface area contributed by atoms with E-state index in [1.807, 2.05) is 6.92 Å². The minimum absolute atomic E-state index is 0.201. The number of carbonyl (C=O) groups excluding carboxylic acids is 1. The lowest BCUT2D eigenvalue weighted by Gasteiger charge is -2.15. The summed E-state index contributed by atoms with van der Waals surface area (Å²) in [5, 5.41) is 14.4. The fourth-order valence-corrected chi connectivity index (χ4v) is 2.03. The molecule has 18 heavy (non-hydrogen) atoms. The second-order valence-corrected chi connectivity index (χ2v) is 5.23. The largest absolute Gasteiger partial charge is 0.481 e. The minimum Gasteiger partial charge on any atom is -0.481 e. The molecule has 0 aromatic carbocycles. The third-order valence-electron chi connectivity index (χ3n) is 3.51. The van der Waals surface area contributed by atoms with Crippen molar-refractivity contribution in [1.82, 2.24) is 10.6 Å². The van der Waals surface area contributed by atoms with Crippen molar-refractivity contribution in [3.05, 3.63) is 0 Å². The van der Waals surface area contributed by atoms with E-state index >= 15 is 0 Å². The van der Waals surface area contributed by atoms with Crippen molar-refractivity contribution >= 4 is 12.0 Å². The number of nitrogens with one attached hydrogen (secondary N) is 2. The maximum atomic E-state index is 11.5. The highest BCUT2D eigenvalue weighted by molar-refractivity contribution is 5.75. The summed E-state index contributed by atoms with van der Waals surface area (Å²) in [4.78, 5) is 22.4. The Morgan fingerprint density at radius 1 is 1.28 bits per heavy atom. The summed E-state index contributed by atoms with van der Waals surface area (Å²) in [7, 11) is 0. The second-order valence-electron chi connectivity index (χ2n) is 5.23. The number of amides is 2. The third kappa shape index (κ3) is 5.38. The van der Waals surface area contributed by atoms with Gasteiger partial charge in [-0.05, 0) is 31.1 Å². The highest BCUT2D eigenvalue weighted by atomic mass is 16.4. The molecule has 2 unspecified atom stereocenters. The first-order valence-corrected chi connectivity index (χ1v) is 6.79. The molecule has 1 saturated carbocycles. The van der Waals surface area contributed by atoms with E-state index in [-0.39, 0.29) is 12.6 Å². The van der Waals surface area contributed by atoms with E-state index in [9.17, 15) is 9.59 Å². The Balaban J connectivity index is 2.16. The first kappa shape index (κ1) is 14.8. The van der Waals surface area contributed by atoms with E-state index < -0.39 is 11.9 Å². The zero-order valence-corrected chi connectivity index (χ0v) is 11.2. The van der Waals surface area contributed by atoms with E-state index in [1.165, 1.54) is 12.8 Å². The molecule has 0 aliphatic heterocycles. The lowest BCUT2D eigenvalue weighted by atomic mass is 10.0. The molecule has 104 valence electrons. The van der Waals surface area contributed by atoms with Crippen LogP contribution in [0.1, 0.15) is 39.5 Å². The zero-order chi connectivity index (χ0) is 13.5. The number of rotatable bonds is 8. The van der Waals surface area contributed by atoms with Gasteiger partial charge in [-0.3, -0.25) is 4.79 Å². The van der Waals surface area contributed by atoms with Gasteiger partial charge in [0.15, 0.2) is 0 Å². The van der Waals surface area contributed by atoms with Crippen molar-refractivity contribution in [2.75, 3.05) is 13.1 Å². The summed E-state index contributed by atoms with van der Waals surface area (Å²) in [5.74, 6) is -0.0519. The summed E-state index contributed by atoms with van der Waals surface area (Å²) >= 11 is 0. The molecular weight excluding hydrogens is 232 g/mol. The van der Waals surface area contributed by atoms with Gasteiger partial charge in [0.25, 0.3) is 0 Å². The van der Waals surface area contributed by atoms with Crippen LogP contribution >= 0.6 is 0 Å². The van der Waals surface area contributed by atoms with Gasteiger partial charge in [-0.1, -0.05) is 20.3 Å². The van der Waals surface area contributed by atoms with Crippen molar-refractivity contribution in [2.45, 2.75) is 39.5 Å². The monoisotopic (exact) mass is 256 g/mol. The van der Waals surface area contributed by atoms with E-state index in [4.69, 9.17) is 5.11 Å². The van der Waals surface area contributed by atoms with Crippen LogP contribution in [0, 0.1) is 17.8 Å². The topological polar surface area (TPSA) is 78.4 Å². The summed E-state index contributed by atoms with van der Waals surface area (Å²) in [6.07, 6.45) is 3.93. The van der Waals surface area contributed by atoms with Crippen LogP contribution in [-0.4, -0.2) is 30.2 Å². The molecular formula is C13H24N2O3. The van der Waals surface area contributed by atoms with Gasteiger partial charge >= 0.3 is 12.0 Å². The van der Waals surface area contributed by atoms with Crippen LogP contribution in [0.25, 0.3) is 0 Å². The van der Waals surface area contributed by atoms with Crippen LogP contribution in [-0.2, 0) is 4.79 Å². The summed E-state index contributed by atoms with van der Waals surface area (Å²) in [5.41, 5.74) is 0. The molecule has 5 nitrogen and oxygen atoms in total. The number of urea groups is 1. The van der Waals surface area contributed by atoms with E-state index in [0.29, 0.717) is 18.9 Å². The molecule has 3 N–H and O–H groups in total. The maximum Gasteiger partial charge on any atom is 0.314 e. The number of aliphatic carboxylic acids is 1. The normalized spacial score (nSPS) is 17.9. The molecule has 0 aromatic rings. The van der Waals surface area contributed by atoms with Crippen molar-refractivity contribution < 1.29 is 14.7 Å². The Morgan fingerprint density at radius 3 is 2.39 bits per heavy atom. The summed E-state index contributed by atoms with van der Waals surface area (Å²) < 4.78 is 0. The van der Waals surface area contributed by atoms with Crippen molar-refractivity contribution in [3.63, 3.8) is 0 Å². The van der Waals surface area contributed by atoms with Crippen LogP contribution in [0.5, 0.6) is 0 Å². The fraction of sp³-hybridized carbons (Fsp3) is 0.846. The Bertz CT molecular complexity index is 290. The van der Waals surface area contributed by atoms with Gasteiger partial charge in [-0.25, -0.2) is 4.79 Å². The lowest BCUT2D eigenvalue weighted by Crippen LogP contribution is -2.41. The number of carboxylic acid groups (broad SMARTS) is 1. The van der Waals surface area contributed by atoms with Crippen LogP contribution in [0.15, 0.2) is 0 Å². The fourth-order valence-electron chi connectivity index (χ4n) is 2.03. The molecule has 1 rings (SSSR count). The molecule has 0 heterocycles. The van der Waals surface area contributed by atoms with Gasteiger partial charge in [0.2, 0.25) is 0 Å². The van der Waals surface area contributed by atoms with E-state index in [0.717, 1.165) is 12.3 Å². The first-order chi connectivity index (χ1) is 8.54. The molecule has 2 atom stereocenters. The van der Waals surface area contributed by atoms with Gasteiger partial charge in [0, 0.05) is 13.1 Å². The standard InChI is InChI=1S/C13H24N2O3/c1-3-4-11(12(16)17)8-15-13(18)14-7-9(2)10-5-6-10/h9-11H,3-8H2,1-2H3,(H,16,17)(H2,14,15,18). The average molecular weight is 256 g/mol. The second kappa shape index (κ2) is 7.24. The molecule has 2 amide bonds. The van der Waals surface area contributed by atoms with Gasteiger partial charge in [-0.2, -0.15) is 0 Å². The Labute approximate surface area is 108 Å². The number of carbonyl (C=O) groups is 2. The number of hydrogen-bond acceptors (Lipinski definition) is 2. The first-order valence-electron chi connectivity index (χ1n) is 6.79. The van der Waals surface area contributed by atoms with Crippen LogP contribution in [0.4, 0.5) is 4.79 Å². The maximum absolute atomic E-state index is 11.5. The highest BCUT2D eigenvalue weighted by Crippen LogP contribution is 2.35. The van der Waals surface area contributed by atoms with Gasteiger partial charge in [-0.15, -0.1) is 0 Å². The molecule has 1 aliphatic rings. The quantitative estimate of drug-likeness (QED) is 0.620. The summed E-state index contributed by atoms with van der Waals surface area (Å²) in [6, 6.07) is -0.259. The molecule has 1 fully saturated rings. The average Bonchev–Trinajstić information content (AvgIpc) is 3.15. The molecule has 5 heteroatoms. The molecule has 0 aromatic heterocycles. The Kier molecular flexibility index (Phi) is 5.95. The SMILES string of the molecule is CCCC(CNC(=O)NCC(C)C1CC1)C(=O)O. The summed E-state index contributed by atoms with van der Waals surface area (Å²) in [6.45, 7) is 4.94. The van der Waals surface area contributed by atoms with Crippen molar-refractivity contribution in [1.29, 1.82) is 0 Å². The number of carboxylic acids is 1. The molecule has 0 saturated heterocycles. The third-order valence-corrected chi connectivity index (χ3v) is 3.51. The van der Waals surface area contributed by atoms with Crippen molar-refractivity contribution in [2.24, 2.45) is 17.8 Å². The lowest BCUT2D eigenvalue weighted by molar-refractivity contribution is -0.141. The zero-order valence-electron chi connectivity index (χ0n) is 11.2. The minimum atomic E-state index is -0.844. The predicted molar refractivity (Wildman–Crippen MR) is 69.3 cm³/mol. The van der Waals surface area contributed by atoms with Crippen LogP contribution in [0.3, 0.4) is 0 Å². The predicted octanol–water partition coefficient (Wildman–Crippen LogP) is 1.83. The van der Waals surface area contributed by atoms with E-state index in [1.54, 1.807) is 0 Å². The van der Waals surface area contributed by atoms with Gasteiger partial charge in [0.1, 0.15) is 0 Å². The number of hydrogen-bond donors (Lipinski definition) is 3. The van der Waals surface area contributed by atoms with Gasteiger partial charge < -0.3 is 15.7 Å². The van der Waals surface area contributed by atoms with Crippen molar-refractivity contribution in [3.8, 4) is 0 Å². The van der Waals surface area contributed by atoms with Gasteiger partial charge in [0.05, 0.1) is 5.92 Å². The molecule has 0 radical (unpaired) electrons. The Morgan fingerprint density at radius 2 is 1.89 bits per heavy atom. The highest BCUT2D eigenvalue weighted by Gasteiger charge is 2.27. The molecule has 1 aliphatic carbocycles. The van der Waals surface area contributed by atoms with Crippen LogP contribution in [0.2, 0.25) is 0 Å². The smallest absolute Gasteiger partial charge is 0.314 e. The van der Waals surface area contributed by atoms with Crippen LogP contribution < -0.4 is 10.6 Å². The van der Waals surface area contributed by atoms with E-state index in [2.05, 4.69) is 17.6 Å². The molecule has 0 spiro atoms. The molecule has 0 bridgehead atoms. The Hall–Kier alpha value is -1.26.